The van der Waals surface area contributed by atoms with Crippen LogP contribution in [0.15, 0.2) is 0 Å². The van der Waals surface area contributed by atoms with Crippen LogP contribution in [-0.4, -0.2) is 47.1 Å². The van der Waals surface area contributed by atoms with Crippen LogP contribution in [0, 0.1) is 5.92 Å². The van der Waals surface area contributed by atoms with Crippen molar-refractivity contribution in [1.82, 2.24) is 10.2 Å². The van der Waals surface area contributed by atoms with Gasteiger partial charge in [0, 0.05) is 19.0 Å². The van der Waals surface area contributed by atoms with E-state index in [2.05, 4.69) is 17.1 Å². The van der Waals surface area contributed by atoms with Gasteiger partial charge in [0.25, 0.3) is 0 Å². The van der Waals surface area contributed by atoms with Crippen LogP contribution in [0.3, 0.4) is 0 Å². The van der Waals surface area contributed by atoms with Crippen LogP contribution in [0.5, 0.6) is 0 Å². The summed E-state index contributed by atoms with van der Waals surface area (Å²) in [4.78, 5) is 24.9. The molecule has 1 amide bonds. The molecule has 5 heteroatoms. The number of carbonyl (C=O) groups is 2. The molecule has 116 valence electrons. The van der Waals surface area contributed by atoms with E-state index < -0.39 is 5.97 Å². The summed E-state index contributed by atoms with van der Waals surface area (Å²) in [5.41, 5.74) is 0. The highest BCUT2D eigenvalue weighted by molar-refractivity contribution is 5.81. The van der Waals surface area contributed by atoms with E-state index in [1.54, 1.807) is 0 Å². The van der Waals surface area contributed by atoms with Crippen molar-refractivity contribution in [2.45, 2.75) is 65.0 Å². The van der Waals surface area contributed by atoms with E-state index in [1.807, 2.05) is 13.8 Å². The van der Waals surface area contributed by atoms with E-state index in [9.17, 15) is 9.59 Å². The predicted molar refractivity (Wildman–Crippen MR) is 78.5 cm³/mol. The lowest BCUT2D eigenvalue weighted by atomic mass is 10.0. The fraction of sp³-hybridized carbons (Fsp3) is 0.867. The maximum absolute atomic E-state index is 12.1. The van der Waals surface area contributed by atoms with E-state index in [1.165, 1.54) is 0 Å². The highest BCUT2D eigenvalue weighted by Crippen LogP contribution is 2.22. The third kappa shape index (κ3) is 5.49. The standard InChI is InChI=1S/C15H28N2O3/c1-4-5-11(2)16-15(20)12(3)17-9-8-13(10-17)6-7-14(18)19/h11-13H,4-10H2,1-3H3,(H,16,20)(H,18,19). The monoisotopic (exact) mass is 284 g/mol. The minimum Gasteiger partial charge on any atom is -0.481 e. The van der Waals surface area contributed by atoms with E-state index in [0.29, 0.717) is 12.3 Å². The molecule has 1 fully saturated rings. The molecule has 1 saturated heterocycles. The van der Waals surface area contributed by atoms with Gasteiger partial charge < -0.3 is 10.4 Å². The molecule has 0 spiro atoms. The smallest absolute Gasteiger partial charge is 0.303 e. The molecule has 3 unspecified atom stereocenters. The fourth-order valence-corrected chi connectivity index (χ4v) is 2.81. The minimum atomic E-state index is -0.734. The molecule has 0 radical (unpaired) electrons. The Balaban J connectivity index is 2.35. The van der Waals surface area contributed by atoms with Crippen LogP contribution >= 0.6 is 0 Å². The van der Waals surface area contributed by atoms with Gasteiger partial charge in [0.05, 0.1) is 6.04 Å². The lowest BCUT2D eigenvalue weighted by molar-refractivity contribution is -0.137. The van der Waals surface area contributed by atoms with Crippen molar-refractivity contribution in [3.05, 3.63) is 0 Å². The molecule has 1 rings (SSSR count). The Morgan fingerprint density at radius 3 is 2.70 bits per heavy atom. The maximum atomic E-state index is 12.1. The Kier molecular flexibility index (Phi) is 6.99. The molecule has 0 aromatic heterocycles. The van der Waals surface area contributed by atoms with Crippen LogP contribution in [0.25, 0.3) is 0 Å². The van der Waals surface area contributed by atoms with Gasteiger partial charge in [-0.2, -0.15) is 0 Å². The summed E-state index contributed by atoms with van der Waals surface area (Å²) >= 11 is 0. The van der Waals surface area contributed by atoms with E-state index in [0.717, 1.165) is 32.4 Å². The number of hydrogen-bond donors (Lipinski definition) is 2. The zero-order chi connectivity index (χ0) is 15.1. The first-order valence-electron chi connectivity index (χ1n) is 7.70. The van der Waals surface area contributed by atoms with Gasteiger partial charge in [0.2, 0.25) is 5.91 Å². The predicted octanol–water partition coefficient (Wildman–Crippen LogP) is 1.87. The van der Waals surface area contributed by atoms with Crippen molar-refractivity contribution >= 4 is 11.9 Å². The number of aliphatic carboxylic acids is 1. The summed E-state index contributed by atoms with van der Waals surface area (Å²) < 4.78 is 0. The van der Waals surface area contributed by atoms with Gasteiger partial charge in [0.1, 0.15) is 0 Å². The van der Waals surface area contributed by atoms with Crippen LogP contribution in [-0.2, 0) is 9.59 Å². The van der Waals surface area contributed by atoms with Crippen molar-refractivity contribution < 1.29 is 14.7 Å². The summed E-state index contributed by atoms with van der Waals surface area (Å²) in [6.45, 7) is 7.81. The van der Waals surface area contributed by atoms with Crippen LogP contribution in [0.1, 0.15) is 52.9 Å². The number of rotatable bonds is 8. The fourth-order valence-electron chi connectivity index (χ4n) is 2.81. The second kappa shape index (κ2) is 8.25. The Labute approximate surface area is 121 Å². The lowest BCUT2D eigenvalue weighted by Crippen LogP contribution is -2.46. The molecule has 1 aliphatic rings. The summed E-state index contributed by atoms with van der Waals surface area (Å²) in [7, 11) is 0. The first kappa shape index (κ1) is 17.0. The normalized spacial score (nSPS) is 22.4. The molecule has 0 saturated carbocycles. The van der Waals surface area contributed by atoms with Gasteiger partial charge in [-0.1, -0.05) is 13.3 Å². The van der Waals surface area contributed by atoms with Gasteiger partial charge in [-0.15, -0.1) is 0 Å². The summed E-state index contributed by atoms with van der Waals surface area (Å²) in [5.74, 6) is -0.234. The number of carboxylic acid groups (broad SMARTS) is 1. The van der Waals surface area contributed by atoms with E-state index in [-0.39, 0.29) is 24.4 Å². The minimum absolute atomic E-state index is 0.0878. The number of carboxylic acids is 1. The first-order valence-corrected chi connectivity index (χ1v) is 7.70. The number of carbonyl (C=O) groups excluding carboxylic acids is 1. The second-order valence-corrected chi connectivity index (χ2v) is 5.96. The summed E-state index contributed by atoms with van der Waals surface area (Å²) in [6.07, 6.45) is 4.00. The molecule has 0 aliphatic carbocycles. The Hall–Kier alpha value is -1.10. The largest absolute Gasteiger partial charge is 0.481 e. The molecule has 20 heavy (non-hydrogen) atoms. The number of amides is 1. The van der Waals surface area contributed by atoms with Crippen molar-refractivity contribution in [1.29, 1.82) is 0 Å². The van der Waals surface area contributed by atoms with Gasteiger partial charge in [-0.3, -0.25) is 14.5 Å². The van der Waals surface area contributed by atoms with Gasteiger partial charge >= 0.3 is 5.97 Å². The van der Waals surface area contributed by atoms with Crippen LogP contribution in [0.4, 0.5) is 0 Å². The molecule has 3 atom stereocenters. The van der Waals surface area contributed by atoms with Crippen molar-refractivity contribution in [2.75, 3.05) is 13.1 Å². The molecule has 1 heterocycles. The number of likely N-dealkylation sites (tertiary alicyclic amines) is 1. The maximum Gasteiger partial charge on any atom is 0.303 e. The third-order valence-electron chi connectivity index (χ3n) is 4.12. The molecule has 0 bridgehead atoms. The highest BCUT2D eigenvalue weighted by Gasteiger charge is 2.29. The zero-order valence-electron chi connectivity index (χ0n) is 12.9. The summed E-state index contributed by atoms with van der Waals surface area (Å²) in [6, 6.07) is 0.101. The van der Waals surface area contributed by atoms with Crippen LogP contribution in [0.2, 0.25) is 0 Å². The average Bonchev–Trinajstić information content (AvgIpc) is 2.84. The number of nitrogens with one attached hydrogen (secondary N) is 1. The number of nitrogens with zero attached hydrogens (tertiary/aromatic N) is 1. The zero-order valence-corrected chi connectivity index (χ0v) is 12.9. The summed E-state index contributed by atoms with van der Waals surface area (Å²) in [5, 5.41) is 11.8. The molecule has 5 nitrogen and oxygen atoms in total. The SMILES string of the molecule is CCCC(C)NC(=O)C(C)N1CCC(CCC(=O)O)C1. The second-order valence-electron chi connectivity index (χ2n) is 5.96. The highest BCUT2D eigenvalue weighted by atomic mass is 16.4. The molecular weight excluding hydrogens is 256 g/mol. The van der Waals surface area contributed by atoms with E-state index >= 15 is 0 Å². The number of hydrogen-bond acceptors (Lipinski definition) is 3. The molecular formula is C15H28N2O3. The molecule has 2 N–H and O–H groups in total. The van der Waals surface area contributed by atoms with Gasteiger partial charge in [-0.25, -0.2) is 0 Å². The van der Waals surface area contributed by atoms with Gasteiger partial charge in [0.15, 0.2) is 0 Å². The molecule has 0 aromatic rings. The first-order chi connectivity index (χ1) is 9.43. The third-order valence-corrected chi connectivity index (χ3v) is 4.12. The average molecular weight is 284 g/mol. The van der Waals surface area contributed by atoms with Crippen molar-refractivity contribution in [2.24, 2.45) is 5.92 Å². The molecule has 1 aliphatic heterocycles. The Morgan fingerprint density at radius 1 is 1.40 bits per heavy atom. The topological polar surface area (TPSA) is 69.6 Å². The van der Waals surface area contributed by atoms with Crippen molar-refractivity contribution in [3.8, 4) is 0 Å². The Morgan fingerprint density at radius 2 is 2.10 bits per heavy atom. The molecule has 0 aromatic carbocycles. The van der Waals surface area contributed by atoms with E-state index in [4.69, 9.17) is 5.11 Å². The van der Waals surface area contributed by atoms with Gasteiger partial charge in [-0.05, 0) is 45.6 Å². The van der Waals surface area contributed by atoms with Crippen LogP contribution < -0.4 is 5.32 Å². The quantitative estimate of drug-likeness (QED) is 0.714. The van der Waals surface area contributed by atoms with Crippen molar-refractivity contribution in [3.63, 3.8) is 0 Å². The Bertz CT molecular complexity index is 333. The lowest BCUT2D eigenvalue weighted by Gasteiger charge is -2.25.